The molecule has 0 radical (unpaired) electrons. The standard InChI is InChI=1S/C12H17N3/c1-12(14,9-13)8-10-4-6-11(7-5-10)15(2)3/h4-7H,8,14H2,1-3H3. The minimum absolute atomic E-state index is 0.581. The second kappa shape index (κ2) is 4.33. The first-order valence-corrected chi connectivity index (χ1v) is 4.91. The molecule has 0 bridgehead atoms. The molecule has 3 heteroatoms. The Morgan fingerprint density at radius 2 is 1.87 bits per heavy atom. The highest BCUT2D eigenvalue weighted by Gasteiger charge is 2.17. The highest BCUT2D eigenvalue weighted by molar-refractivity contribution is 5.46. The zero-order valence-corrected chi connectivity index (χ0v) is 9.49. The predicted molar refractivity (Wildman–Crippen MR) is 62.7 cm³/mol. The number of nitrogens with zero attached hydrogens (tertiary/aromatic N) is 2. The van der Waals surface area contributed by atoms with Crippen LogP contribution in [0.25, 0.3) is 0 Å². The van der Waals surface area contributed by atoms with E-state index in [2.05, 4.69) is 6.07 Å². The van der Waals surface area contributed by atoms with Crippen molar-refractivity contribution in [1.29, 1.82) is 5.26 Å². The summed E-state index contributed by atoms with van der Waals surface area (Å²) < 4.78 is 0. The van der Waals surface area contributed by atoms with Crippen LogP contribution in [0, 0.1) is 11.3 Å². The molecule has 15 heavy (non-hydrogen) atoms. The normalized spacial score (nSPS) is 14.1. The molecule has 3 nitrogen and oxygen atoms in total. The number of rotatable bonds is 3. The highest BCUT2D eigenvalue weighted by atomic mass is 15.1. The van der Waals surface area contributed by atoms with Gasteiger partial charge in [0, 0.05) is 26.2 Å². The van der Waals surface area contributed by atoms with Crippen LogP contribution in [-0.2, 0) is 6.42 Å². The van der Waals surface area contributed by atoms with E-state index in [9.17, 15) is 0 Å². The molecule has 0 fully saturated rings. The maximum atomic E-state index is 8.81. The zero-order valence-electron chi connectivity index (χ0n) is 9.49. The average molecular weight is 203 g/mol. The maximum absolute atomic E-state index is 8.81. The molecule has 1 rings (SSSR count). The molecule has 0 aliphatic carbocycles. The summed E-state index contributed by atoms with van der Waals surface area (Å²) in [7, 11) is 3.99. The van der Waals surface area contributed by atoms with E-state index in [1.807, 2.05) is 43.3 Å². The molecule has 0 aromatic heterocycles. The van der Waals surface area contributed by atoms with E-state index in [0.29, 0.717) is 6.42 Å². The van der Waals surface area contributed by atoms with Crippen molar-refractivity contribution in [2.24, 2.45) is 5.73 Å². The van der Waals surface area contributed by atoms with Crippen molar-refractivity contribution >= 4 is 5.69 Å². The van der Waals surface area contributed by atoms with Gasteiger partial charge in [-0.15, -0.1) is 0 Å². The Bertz CT molecular complexity index is 357. The lowest BCUT2D eigenvalue weighted by molar-refractivity contribution is 0.596. The Morgan fingerprint density at radius 1 is 1.33 bits per heavy atom. The van der Waals surface area contributed by atoms with Crippen molar-refractivity contribution in [3.05, 3.63) is 29.8 Å². The molecule has 80 valence electrons. The van der Waals surface area contributed by atoms with Gasteiger partial charge >= 0.3 is 0 Å². The molecule has 1 unspecified atom stereocenters. The van der Waals surface area contributed by atoms with Crippen LogP contribution in [0.3, 0.4) is 0 Å². The van der Waals surface area contributed by atoms with Gasteiger partial charge in [-0.2, -0.15) is 5.26 Å². The smallest absolute Gasteiger partial charge is 0.105 e. The molecule has 1 atom stereocenters. The van der Waals surface area contributed by atoms with Gasteiger partial charge in [0.25, 0.3) is 0 Å². The van der Waals surface area contributed by atoms with E-state index < -0.39 is 5.54 Å². The quantitative estimate of drug-likeness (QED) is 0.810. The van der Waals surface area contributed by atoms with Crippen molar-refractivity contribution in [3.63, 3.8) is 0 Å². The summed E-state index contributed by atoms with van der Waals surface area (Å²) in [5.41, 5.74) is 7.23. The van der Waals surface area contributed by atoms with Gasteiger partial charge in [-0.3, -0.25) is 0 Å². The molecule has 2 N–H and O–H groups in total. The molecule has 0 aliphatic rings. The molecular formula is C12H17N3. The third-order valence-electron chi connectivity index (χ3n) is 2.28. The van der Waals surface area contributed by atoms with E-state index in [0.717, 1.165) is 11.3 Å². The van der Waals surface area contributed by atoms with Crippen molar-refractivity contribution in [3.8, 4) is 6.07 Å². The van der Waals surface area contributed by atoms with Gasteiger partial charge in [0.1, 0.15) is 5.54 Å². The summed E-state index contributed by atoms with van der Waals surface area (Å²) in [5.74, 6) is 0. The second-order valence-corrected chi connectivity index (χ2v) is 4.27. The summed E-state index contributed by atoms with van der Waals surface area (Å²) >= 11 is 0. The molecule has 0 saturated carbocycles. The summed E-state index contributed by atoms with van der Waals surface area (Å²) in [5, 5.41) is 8.81. The third-order valence-corrected chi connectivity index (χ3v) is 2.28. The van der Waals surface area contributed by atoms with Gasteiger partial charge in [0.05, 0.1) is 6.07 Å². The lowest BCUT2D eigenvalue weighted by atomic mass is 9.95. The van der Waals surface area contributed by atoms with Crippen molar-refractivity contribution in [1.82, 2.24) is 0 Å². The lowest BCUT2D eigenvalue weighted by Crippen LogP contribution is -2.36. The topological polar surface area (TPSA) is 53.0 Å². The number of hydrogen-bond acceptors (Lipinski definition) is 3. The highest BCUT2D eigenvalue weighted by Crippen LogP contribution is 2.15. The number of nitrogens with two attached hydrogens (primary N) is 1. The molecular weight excluding hydrogens is 186 g/mol. The first-order valence-electron chi connectivity index (χ1n) is 4.91. The minimum Gasteiger partial charge on any atom is -0.378 e. The van der Waals surface area contributed by atoms with Crippen LogP contribution in [0.15, 0.2) is 24.3 Å². The number of anilines is 1. The Kier molecular flexibility index (Phi) is 3.33. The number of nitriles is 1. The number of benzene rings is 1. The minimum atomic E-state index is -0.778. The molecule has 0 saturated heterocycles. The van der Waals surface area contributed by atoms with Crippen LogP contribution in [0.1, 0.15) is 12.5 Å². The van der Waals surface area contributed by atoms with Gasteiger partial charge < -0.3 is 10.6 Å². The van der Waals surface area contributed by atoms with Crippen LogP contribution in [-0.4, -0.2) is 19.6 Å². The Balaban J connectivity index is 2.78. The van der Waals surface area contributed by atoms with Gasteiger partial charge in [-0.05, 0) is 24.6 Å². The van der Waals surface area contributed by atoms with Crippen LogP contribution in [0.4, 0.5) is 5.69 Å². The van der Waals surface area contributed by atoms with Crippen molar-refractivity contribution < 1.29 is 0 Å². The van der Waals surface area contributed by atoms with Gasteiger partial charge in [-0.1, -0.05) is 12.1 Å². The van der Waals surface area contributed by atoms with Gasteiger partial charge in [0.2, 0.25) is 0 Å². The largest absolute Gasteiger partial charge is 0.378 e. The van der Waals surface area contributed by atoms with Crippen molar-refractivity contribution in [2.75, 3.05) is 19.0 Å². The van der Waals surface area contributed by atoms with E-state index in [4.69, 9.17) is 11.0 Å². The maximum Gasteiger partial charge on any atom is 0.105 e. The van der Waals surface area contributed by atoms with Crippen molar-refractivity contribution in [2.45, 2.75) is 18.9 Å². The van der Waals surface area contributed by atoms with Crippen LogP contribution >= 0.6 is 0 Å². The molecule has 0 amide bonds. The Hall–Kier alpha value is -1.53. The van der Waals surface area contributed by atoms with Gasteiger partial charge in [0.15, 0.2) is 0 Å². The van der Waals surface area contributed by atoms with Crippen LogP contribution < -0.4 is 10.6 Å². The Labute approximate surface area is 91.1 Å². The third kappa shape index (κ3) is 3.26. The van der Waals surface area contributed by atoms with E-state index in [1.54, 1.807) is 6.92 Å². The first-order chi connectivity index (χ1) is 6.94. The van der Waals surface area contributed by atoms with Crippen LogP contribution in [0.5, 0.6) is 0 Å². The molecule has 0 spiro atoms. The first kappa shape index (κ1) is 11.5. The van der Waals surface area contributed by atoms with Gasteiger partial charge in [-0.25, -0.2) is 0 Å². The average Bonchev–Trinajstić information content (AvgIpc) is 2.18. The molecule has 0 heterocycles. The summed E-state index contributed by atoms with van der Waals surface area (Å²) in [6.07, 6.45) is 0.581. The SMILES string of the molecule is CN(C)c1ccc(CC(C)(N)C#N)cc1. The fraction of sp³-hybridized carbons (Fsp3) is 0.417. The molecule has 1 aromatic rings. The predicted octanol–water partition coefficient (Wildman–Crippen LogP) is 1.54. The fourth-order valence-electron chi connectivity index (χ4n) is 1.38. The van der Waals surface area contributed by atoms with Crippen LogP contribution in [0.2, 0.25) is 0 Å². The Morgan fingerprint density at radius 3 is 2.27 bits per heavy atom. The van der Waals surface area contributed by atoms with E-state index in [1.165, 1.54) is 0 Å². The summed E-state index contributed by atoms with van der Waals surface area (Å²) in [6.45, 7) is 1.74. The summed E-state index contributed by atoms with van der Waals surface area (Å²) in [4.78, 5) is 2.04. The second-order valence-electron chi connectivity index (χ2n) is 4.27. The monoisotopic (exact) mass is 203 g/mol. The molecule has 1 aromatic carbocycles. The van der Waals surface area contributed by atoms with E-state index in [-0.39, 0.29) is 0 Å². The lowest BCUT2D eigenvalue weighted by Gasteiger charge is -2.16. The number of hydrogen-bond donors (Lipinski definition) is 1. The summed E-state index contributed by atoms with van der Waals surface area (Å²) in [6, 6.07) is 10.2. The zero-order chi connectivity index (χ0) is 11.5. The fourth-order valence-corrected chi connectivity index (χ4v) is 1.38. The van der Waals surface area contributed by atoms with E-state index >= 15 is 0 Å². The molecule has 0 aliphatic heterocycles.